The number of hydrogen-bond donors (Lipinski definition) is 1. The quantitative estimate of drug-likeness (QED) is 0.663. The Morgan fingerprint density at radius 2 is 2.15 bits per heavy atom. The van der Waals surface area contributed by atoms with E-state index in [1.54, 1.807) is 0 Å². The molecule has 20 heavy (non-hydrogen) atoms. The Morgan fingerprint density at radius 1 is 1.40 bits per heavy atom. The van der Waals surface area contributed by atoms with Crippen molar-refractivity contribution in [3.05, 3.63) is 50.7 Å². The zero-order chi connectivity index (χ0) is 14.7. The van der Waals surface area contributed by atoms with E-state index in [9.17, 15) is 14.9 Å². The van der Waals surface area contributed by atoms with E-state index in [-0.39, 0.29) is 16.3 Å². The second kappa shape index (κ2) is 5.97. The van der Waals surface area contributed by atoms with Crippen LogP contribution in [-0.2, 0) is 0 Å². The van der Waals surface area contributed by atoms with E-state index >= 15 is 0 Å². The molecule has 0 aromatic carbocycles. The topological polar surface area (TPSA) is 106 Å². The number of carboxylic acid groups (broad SMARTS) is 1. The van der Waals surface area contributed by atoms with Crippen LogP contribution in [0.25, 0.3) is 0 Å². The molecule has 0 fully saturated rings. The average molecular weight is 356 g/mol. The van der Waals surface area contributed by atoms with Gasteiger partial charge in [-0.2, -0.15) is 0 Å². The van der Waals surface area contributed by atoms with E-state index in [2.05, 4.69) is 25.9 Å². The molecular formula is C11H6BrN3O4S. The van der Waals surface area contributed by atoms with Gasteiger partial charge in [0, 0.05) is 12.3 Å². The molecule has 0 saturated carbocycles. The van der Waals surface area contributed by atoms with Crippen LogP contribution < -0.4 is 0 Å². The zero-order valence-electron chi connectivity index (χ0n) is 9.69. The normalized spacial score (nSPS) is 10.2. The molecular weight excluding hydrogens is 350 g/mol. The molecule has 0 saturated heterocycles. The minimum atomic E-state index is -1.10. The van der Waals surface area contributed by atoms with Gasteiger partial charge >= 0.3 is 5.97 Å². The molecule has 0 radical (unpaired) electrons. The number of carbonyl (C=O) groups is 1. The molecule has 1 N–H and O–H groups in total. The van der Waals surface area contributed by atoms with Gasteiger partial charge in [0.25, 0.3) is 5.69 Å². The molecule has 0 aliphatic carbocycles. The summed E-state index contributed by atoms with van der Waals surface area (Å²) in [6.45, 7) is 0. The van der Waals surface area contributed by atoms with Crippen molar-refractivity contribution in [1.82, 2.24) is 9.97 Å². The summed E-state index contributed by atoms with van der Waals surface area (Å²) in [6, 6.07) is 4.25. The SMILES string of the molecule is O=C(O)c1cccnc1Sc1ncc([N+](=O)[O-])cc1Br. The molecule has 0 unspecified atom stereocenters. The van der Waals surface area contributed by atoms with Crippen molar-refractivity contribution in [3.63, 3.8) is 0 Å². The first-order valence-corrected chi connectivity index (χ1v) is 6.76. The Kier molecular flexibility index (Phi) is 4.30. The summed E-state index contributed by atoms with van der Waals surface area (Å²) in [5, 5.41) is 20.3. The molecule has 9 heteroatoms. The Morgan fingerprint density at radius 3 is 2.75 bits per heavy atom. The summed E-state index contributed by atoms with van der Waals surface area (Å²) in [5.74, 6) is -1.10. The van der Waals surface area contributed by atoms with Gasteiger partial charge in [-0.15, -0.1) is 0 Å². The first-order chi connectivity index (χ1) is 9.49. The largest absolute Gasteiger partial charge is 0.478 e. The van der Waals surface area contributed by atoms with Crippen molar-refractivity contribution in [2.24, 2.45) is 0 Å². The third-order valence-electron chi connectivity index (χ3n) is 2.20. The summed E-state index contributed by atoms with van der Waals surface area (Å²) in [7, 11) is 0. The van der Waals surface area contributed by atoms with Crippen molar-refractivity contribution >= 4 is 39.3 Å². The highest BCUT2D eigenvalue weighted by Gasteiger charge is 2.16. The van der Waals surface area contributed by atoms with Crippen LogP contribution in [0.3, 0.4) is 0 Å². The van der Waals surface area contributed by atoms with Crippen LogP contribution in [0.15, 0.2) is 45.1 Å². The van der Waals surface area contributed by atoms with Gasteiger partial charge in [0.1, 0.15) is 16.2 Å². The Labute approximate surface area is 125 Å². The molecule has 2 heterocycles. The van der Waals surface area contributed by atoms with Crippen LogP contribution in [0.4, 0.5) is 5.69 Å². The zero-order valence-corrected chi connectivity index (χ0v) is 12.1. The van der Waals surface area contributed by atoms with Crippen molar-refractivity contribution < 1.29 is 14.8 Å². The lowest BCUT2D eigenvalue weighted by Gasteiger charge is -2.05. The number of aromatic carboxylic acids is 1. The number of pyridine rings is 2. The van der Waals surface area contributed by atoms with Crippen LogP contribution in [-0.4, -0.2) is 26.0 Å². The third kappa shape index (κ3) is 3.11. The highest BCUT2D eigenvalue weighted by molar-refractivity contribution is 9.10. The standard InChI is InChI=1S/C11H6BrN3O4S/c12-8-4-6(15(18)19)5-14-10(8)20-9-7(11(16)17)2-1-3-13-9/h1-5H,(H,16,17). The monoisotopic (exact) mass is 355 g/mol. The number of carboxylic acids is 1. The van der Waals surface area contributed by atoms with Crippen LogP contribution in [0.1, 0.15) is 10.4 Å². The minimum Gasteiger partial charge on any atom is -0.478 e. The molecule has 0 amide bonds. The number of aromatic nitrogens is 2. The van der Waals surface area contributed by atoms with Crippen LogP contribution in [0.2, 0.25) is 0 Å². The van der Waals surface area contributed by atoms with Gasteiger partial charge in [-0.1, -0.05) is 0 Å². The smallest absolute Gasteiger partial charge is 0.338 e. The second-order valence-electron chi connectivity index (χ2n) is 3.50. The maximum Gasteiger partial charge on any atom is 0.338 e. The summed E-state index contributed by atoms with van der Waals surface area (Å²) in [4.78, 5) is 29.0. The lowest BCUT2D eigenvalue weighted by atomic mass is 10.3. The molecule has 0 aliphatic rings. The number of nitrogens with zero attached hydrogens (tertiary/aromatic N) is 3. The van der Waals surface area contributed by atoms with Gasteiger partial charge in [-0.25, -0.2) is 14.8 Å². The van der Waals surface area contributed by atoms with Gasteiger partial charge in [0.15, 0.2) is 0 Å². The molecule has 102 valence electrons. The predicted octanol–water partition coefficient (Wildman–Crippen LogP) is 3.00. The van der Waals surface area contributed by atoms with Crippen LogP contribution in [0.5, 0.6) is 0 Å². The maximum atomic E-state index is 11.1. The van der Waals surface area contributed by atoms with Gasteiger partial charge in [0.2, 0.25) is 0 Å². The van der Waals surface area contributed by atoms with Crippen molar-refractivity contribution in [1.29, 1.82) is 0 Å². The second-order valence-corrected chi connectivity index (χ2v) is 5.33. The van der Waals surface area contributed by atoms with Gasteiger partial charge in [0.05, 0.1) is 15.0 Å². The Bertz CT molecular complexity index is 695. The van der Waals surface area contributed by atoms with Crippen molar-refractivity contribution in [3.8, 4) is 0 Å². The fourth-order valence-electron chi connectivity index (χ4n) is 1.32. The predicted molar refractivity (Wildman–Crippen MR) is 73.9 cm³/mol. The van der Waals surface area contributed by atoms with E-state index in [1.165, 1.54) is 24.4 Å². The van der Waals surface area contributed by atoms with Crippen molar-refractivity contribution in [2.45, 2.75) is 10.1 Å². The summed E-state index contributed by atoms with van der Waals surface area (Å²) >= 11 is 4.19. The first kappa shape index (κ1) is 14.4. The van der Waals surface area contributed by atoms with E-state index in [0.29, 0.717) is 9.50 Å². The van der Waals surface area contributed by atoms with E-state index in [4.69, 9.17) is 5.11 Å². The molecule has 2 rings (SSSR count). The number of nitro groups is 1. The Hall–Kier alpha value is -2.00. The first-order valence-electron chi connectivity index (χ1n) is 5.15. The van der Waals surface area contributed by atoms with E-state index in [0.717, 1.165) is 18.0 Å². The van der Waals surface area contributed by atoms with E-state index < -0.39 is 10.9 Å². The lowest BCUT2D eigenvalue weighted by Crippen LogP contribution is -2.00. The van der Waals surface area contributed by atoms with Crippen LogP contribution in [0, 0.1) is 10.1 Å². The summed E-state index contributed by atoms with van der Waals surface area (Å²) in [5.41, 5.74) is -0.106. The molecule has 0 atom stereocenters. The maximum absolute atomic E-state index is 11.1. The highest BCUT2D eigenvalue weighted by atomic mass is 79.9. The van der Waals surface area contributed by atoms with Crippen LogP contribution >= 0.6 is 27.7 Å². The molecule has 2 aromatic rings. The number of hydrogen-bond acceptors (Lipinski definition) is 6. The van der Waals surface area contributed by atoms with E-state index in [1.807, 2.05) is 0 Å². The number of halogens is 1. The third-order valence-corrected chi connectivity index (χ3v) is 4.10. The average Bonchev–Trinajstić information content (AvgIpc) is 2.41. The lowest BCUT2D eigenvalue weighted by molar-refractivity contribution is -0.385. The summed E-state index contributed by atoms with van der Waals surface area (Å²) in [6.07, 6.45) is 2.57. The summed E-state index contributed by atoms with van der Waals surface area (Å²) < 4.78 is 0.402. The fourth-order valence-corrected chi connectivity index (χ4v) is 2.72. The molecule has 0 spiro atoms. The van der Waals surface area contributed by atoms with Gasteiger partial charge in [-0.3, -0.25) is 10.1 Å². The molecule has 2 aromatic heterocycles. The molecule has 0 bridgehead atoms. The van der Waals surface area contributed by atoms with Crippen molar-refractivity contribution in [2.75, 3.05) is 0 Å². The number of rotatable bonds is 4. The van der Waals surface area contributed by atoms with Gasteiger partial charge in [-0.05, 0) is 39.8 Å². The minimum absolute atomic E-state index is 0.0459. The molecule has 7 nitrogen and oxygen atoms in total. The highest BCUT2D eigenvalue weighted by Crippen LogP contribution is 2.33. The molecule has 0 aliphatic heterocycles. The fraction of sp³-hybridized carbons (Fsp3) is 0. The van der Waals surface area contributed by atoms with Gasteiger partial charge < -0.3 is 5.11 Å². The Balaban J connectivity index is 2.36.